The van der Waals surface area contributed by atoms with Crippen molar-refractivity contribution in [2.24, 2.45) is 0 Å². The van der Waals surface area contributed by atoms with Crippen LogP contribution in [0.25, 0.3) is 11.0 Å². The zero-order valence-electron chi connectivity index (χ0n) is 18.2. The third-order valence-electron chi connectivity index (χ3n) is 5.00. The Morgan fingerprint density at radius 2 is 1.88 bits per heavy atom. The van der Waals surface area contributed by atoms with E-state index in [0.29, 0.717) is 25.2 Å². The molecule has 3 rings (SSSR count). The molecule has 0 aliphatic carbocycles. The van der Waals surface area contributed by atoms with Crippen molar-refractivity contribution in [2.75, 3.05) is 19.6 Å². The molecular weight excluding hydrogens is 429 g/mol. The number of benzene rings is 1. The summed E-state index contributed by atoms with van der Waals surface area (Å²) < 4.78 is 48.3. The number of hydrogen-bond acceptors (Lipinski definition) is 6. The Kier molecular flexibility index (Phi) is 6.97. The lowest BCUT2D eigenvalue weighted by atomic mass is 10.1. The minimum atomic E-state index is -4.82. The summed E-state index contributed by atoms with van der Waals surface area (Å²) in [6.07, 6.45) is -2.64. The van der Waals surface area contributed by atoms with Crippen LogP contribution in [0.5, 0.6) is 5.75 Å². The molecule has 1 N–H and O–H groups in total. The normalized spacial score (nSPS) is 16.2. The highest BCUT2D eigenvalue weighted by Gasteiger charge is 2.31. The van der Waals surface area contributed by atoms with Crippen LogP contribution in [0, 0.1) is 0 Å². The third kappa shape index (κ3) is 6.84. The second kappa shape index (κ2) is 9.35. The van der Waals surface area contributed by atoms with Crippen molar-refractivity contribution in [2.45, 2.75) is 58.2 Å². The number of carbonyl (C=O) groups excluding carboxylic acids is 1. The highest BCUT2D eigenvalue weighted by molar-refractivity contribution is 5.76. The molecule has 1 aromatic heterocycles. The Labute approximate surface area is 183 Å². The van der Waals surface area contributed by atoms with Gasteiger partial charge < -0.3 is 24.3 Å². The number of carbonyl (C=O) groups is 1. The van der Waals surface area contributed by atoms with Gasteiger partial charge in [0.15, 0.2) is 0 Å². The van der Waals surface area contributed by atoms with E-state index in [-0.39, 0.29) is 18.1 Å². The molecule has 1 aliphatic heterocycles. The molecule has 1 saturated heterocycles. The SMILES string of the molecule is CC(C)(C)OC(=O)NC1CCN(CCn2c(=O)cnc3ccc(OC(F)(F)F)cc32)CC1. The molecule has 0 bridgehead atoms. The highest BCUT2D eigenvalue weighted by atomic mass is 19.4. The number of hydrogen-bond donors (Lipinski definition) is 1. The molecule has 0 saturated carbocycles. The lowest BCUT2D eigenvalue weighted by Gasteiger charge is -2.33. The van der Waals surface area contributed by atoms with Crippen LogP contribution in [0.15, 0.2) is 29.2 Å². The molecule has 2 heterocycles. The lowest BCUT2D eigenvalue weighted by molar-refractivity contribution is -0.274. The van der Waals surface area contributed by atoms with Gasteiger partial charge in [-0.25, -0.2) is 9.78 Å². The molecule has 2 aromatic rings. The number of likely N-dealkylation sites (tertiary alicyclic amines) is 1. The van der Waals surface area contributed by atoms with E-state index in [0.717, 1.165) is 19.0 Å². The van der Waals surface area contributed by atoms with Gasteiger partial charge in [-0.1, -0.05) is 0 Å². The molecule has 8 nitrogen and oxygen atoms in total. The van der Waals surface area contributed by atoms with Gasteiger partial charge in [0.05, 0.1) is 17.2 Å². The van der Waals surface area contributed by atoms with Gasteiger partial charge in [-0.3, -0.25) is 4.79 Å². The Balaban J connectivity index is 1.61. The Bertz CT molecular complexity index is 1010. The molecule has 32 heavy (non-hydrogen) atoms. The summed E-state index contributed by atoms with van der Waals surface area (Å²) in [4.78, 5) is 30.4. The summed E-state index contributed by atoms with van der Waals surface area (Å²) >= 11 is 0. The first-order chi connectivity index (χ1) is 14.9. The Morgan fingerprint density at radius 1 is 1.19 bits per heavy atom. The zero-order valence-corrected chi connectivity index (χ0v) is 18.2. The van der Waals surface area contributed by atoms with Crippen LogP contribution >= 0.6 is 0 Å². The van der Waals surface area contributed by atoms with Crippen LogP contribution in [0.2, 0.25) is 0 Å². The molecule has 1 amide bonds. The van der Waals surface area contributed by atoms with Gasteiger partial charge >= 0.3 is 12.5 Å². The summed E-state index contributed by atoms with van der Waals surface area (Å²) in [6, 6.07) is 3.74. The van der Waals surface area contributed by atoms with Crippen molar-refractivity contribution in [3.05, 3.63) is 34.7 Å². The summed E-state index contributed by atoms with van der Waals surface area (Å²) in [5.74, 6) is -0.403. The molecule has 176 valence electrons. The number of nitrogens with one attached hydrogen (secondary N) is 1. The number of piperidine rings is 1. The number of alkyl halides is 3. The molecule has 1 fully saturated rings. The predicted molar refractivity (Wildman–Crippen MR) is 112 cm³/mol. The van der Waals surface area contributed by atoms with Gasteiger partial charge in [0.2, 0.25) is 0 Å². The standard InChI is InChI=1S/C21H27F3N4O4/c1-20(2,3)32-19(30)26-14-6-8-27(9-7-14)10-11-28-17-12-15(31-21(22,23)24)4-5-16(17)25-13-18(28)29/h4-5,12-14H,6-11H2,1-3H3,(H,26,30). The van der Waals surface area contributed by atoms with Crippen molar-refractivity contribution >= 4 is 17.1 Å². The molecule has 0 radical (unpaired) electrons. The first kappa shape index (κ1) is 23.8. The molecule has 11 heteroatoms. The van der Waals surface area contributed by atoms with Crippen molar-refractivity contribution in [3.8, 4) is 5.75 Å². The zero-order chi connectivity index (χ0) is 23.5. The minimum Gasteiger partial charge on any atom is -0.444 e. The fraction of sp³-hybridized carbons (Fsp3) is 0.571. The summed E-state index contributed by atoms with van der Waals surface area (Å²) in [7, 11) is 0. The number of nitrogens with zero attached hydrogens (tertiary/aromatic N) is 3. The maximum absolute atomic E-state index is 12.6. The number of ether oxygens (including phenoxy) is 2. The number of rotatable bonds is 5. The largest absolute Gasteiger partial charge is 0.573 e. The number of amides is 1. The molecule has 1 aliphatic rings. The first-order valence-electron chi connectivity index (χ1n) is 10.4. The molecule has 0 spiro atoms. The second-order valence-electron chi connectivity index (χ2n) is 8.71. The summed E-state index contributed by atoms with van der Waals surface area (Å²) in [6.45, 7) is 7.65. The number of fused-ring (bicyclic) bond motifs is 1. The summed E-state index contributed by atoms with van der Waals surface area (Å²) in [5, 5.41) is 2.87. The van der Waals surface area contributed by atoms with Gasteiger partial charge in [-0.15, -0.1) is 13.2 Å². The lowest BCUT2D eigenvalue weighted by Crippen LogP contribution is -2.46. The van der Waals surface area contributed by atoms with Gasteiger partial charge in [-0.05, 0) is 45.7 Å². The first-order valence-corrected chi connectivity index (χ1v) is 10.4. The van der Waals surface area contributed by atoms with E-state index in [1.807, 2.05) is 0 Å². The Morgan fingerprint density at radius 3 is 2.50 bits per heavy atom. The van der Waals surface area contributed by atoms with E-state index in [2.05, 4.69) is 19.9 Å². The minimum absolute atomic E-state index is 0.00709. The quantitative estimate of drug-likeness (QED) is 0.743. The molecular formula is C21H27F3N4O4. The van der Waals surface area contributed by atoms with E-state index < -0.39 is 29.4 Å². The average molecular weight is 456 g/mol. The topological polar surface area (TPSA) is 85.7 Å². The second-order valence-corrected chi connectivity index (χ2v) is 8.71. The van der Waals surface area contributed by atoms with Gasteiger partial charge in [0, 0.05) is 38.3 Å². The van der Waals surface area contributed by atoms with Crippen molar-refractivity contribution in [3.63, 3.8) is 0 Å². The van der Waals surface area contributed by atoms with E-state index in [1.165, 1.54) is 22.8 Å². The van der Waals surface area contributed by atoms with Crippen molar-refractivity contribution < 1.29 is 27.4 Å². The predicted octanol–water partition coefficient (Wildman–Crippen LogP) is 3.28. The number of halogens is 3. The smallest absolute Gasteiger partial charge is 0.444 e. The van der Waals surface area contributed by atoms with Crippen molar-refractivity contribution in [1.29, 1.82) is 0 Å². The van der Waals surface area contributed by atoms with Crippen LogP contribution < -0.4 is 15.6 Å². The van der Waals surface area contributed by atoms with Crippen LogP contribution in [-0.4, -0.2) is 58.2 Å². The molecule has 0 atom stereocenters. The average Bonchev–Trinajstić information content (AvgIpc) is 2.65. The molecule has 0 unspecified atom stereocenters. The monoisotopic (exact) mass is 456 g/mol. The molecule has 1 aromatic carbocycles. The maximum atomic E-state index is 12.6. The van der Waals surface area contributed by atoms with Crippen LogP contribution in [0.3, 0.4) is 0 Å². The maximum Gasteiger partial charge on any atom is 0.573 e. The van der Waals surface area contributed by atoms with Gasteiger partial charge in [0.1, 0.15) is 11.4 Å². The van der Waals surface area contributed by atoms with Gasteiger partial charge in [0.25, 0.3) is 5.56 Å². The Hall–Kier alpha value is -2.82. The summed E-state index contributed by atoms with van der Waals surface area (Å²) in [5.41, 5.74) is -0.278. The van der Waals surface area contributed by atoms with E-state index in [1.54, 1.807) is 20.8 Å². The fourth-order valence-electron chi connectivity index (χ4n) is 3.59. The van der Waals surface area contributed by atoms with Crippen LogP contribution in [0.1, 0.15) is 33.6 Å². The number of aromatic nitrogens is 2. The van der Waals surface area contributed by atoms with Crippen molar-refractivity contribution in [1.82, 2.24) is 19.8 Å². The fourth-order valence-corrected chi connectivity index (χ4v) is 3.59. The third-order valence-corrected chi connectivity index (χ3v) is 5.00. The van der Waals surface area contributed by atoms with E-state index in [4.69, 9.17) is 4.74 Å². The number of alkyl carbamates (subject to hydrolysis) is 1. The van der Waals surface area contributed by atoms with Crippen LogP contribution in [-0.2, 0) is 11.3 Å². The highest BCUT2D eigenvalue weighted by Crippen LogP contribution is 2.25. The van der Waals surface area contributed by atoms with E-state index >= 15 is 0 Å². The van der Waals surface area contributed by atoms with Gasteiger partial charge in [-0.2, -0.15) is 0 Å². The van der Waals surface area contributed by atoms with E-state index in [9.17, 15) is 22.8 Å². The van der Waals surface area contributed by atoms with Crippen LogP contribution in [0.4, 0.5) is 18.0 Å².